The second-order valence-corrected chi connectivity index (χ2v) is 6.67. The third-order valence-electron chi connectivity index (χ3n) is 4.83. The summed E-state index contributed by atoms with van der Waals surface area (Å²) >= 11 is 0. The molecule has 0 aliphatic carbocycles. The molecule has 1 aliphatic heterocycles. The molecule has 0 bridgehead atoms. The lowest BCUT2D eigenvalue weighted by Crippen LogP contribution is -2.29. The van der Waals surface area contributed by atoms with E-state index in [-0.39, 0.29) is 5.71 Å². The number of hydrogen-bond acceptors (Lipinski definition) is 5. The SMILES string of the molecule is N#C/C(=N/Nc1ccc(N2CCCCC2)cc1)c1ccc2ccccc2n1. The van der Waals surface area contributed by atoms with Crippen molar-refractivity contribution >= 4 is 28.0 Å². The van der Waals surface area contributed by atoms with Crippen molar-refractivity contribution in [3.05, 3.63) is 66.4 Å². The van der Waals surface area contributed by atoms with Crippen LogP contribution in [0.5, 0.6) is 0 Å². The lowest BCUT2D eigenvalue weighted by Gasteiger charge is -2.28. The summed E-state index contributed by atoms with van der Waals surface area (Å²) < 4.78 is 0. The van der Waals surface area contributed by atoms with Gasteiger partial charge in [0.1, 0.15) is 11.8 Å². The first-order valence-electron chi connectivity index (χ1n) is 9.28. The minimum absolute atomic E-state index is 0.265. The van der Waals surface area contributed by atoms with E-state index in [1.54, 1.807) is 0 Å². The first-order valence-corrected chi connectivity index (χ1v) is 9.28. The Kier molecular flexibility index (Phi) is 4.97. The van der Waals surface area contributed by atoms with Crippen molar-refractivity contribution in [3.63, 3.8) is 0 Å². The fraction of sp³-hybridized carbons (Fsp3) is 0.227. The van der Waals surface area contributed by atoms with E-state index in [0.29, 0.717) is 5.69 Å². The van der Waals surface area contributed by atoms with Crippen LogP contribution in [-0.2, 0) is 0 Å². The number of fused-ring (bicyclic) bond motifs is 1. The molecule has 0 radical (unpaired) electrons. The van der Waals surface area contributed by atoms with Gasteiger partial charge < -0.3 is 4.90 Å². The summed E-state index contributed by atoms with van der Waals surface area (Å²) in [4.78, 5) is 6.95. The third-order valence-corrected chi connectivity index (χ3v) is 4.83. The average Bonchev–Trinajstić information content (AvgIpc) is 2.75. The first kappa shape index (κ1) is 17.0. The van der Waals surface area contributed by atoms with Gasteiger partial charge in [0.2, 0.25) is 0 Å². The van der Waals surface area contributed by atoms with Crippen LogP contribution in [0.1, 0.15) is 25.0 Å². The Labute approximate surface area is 159 Å². The second kappa shape index (κ2) is 7.88. The van der Waals surface area contributed by atoms with Gasteiger partial charge in [-0.3, -0.25) is 5.43 Å². The minimum Gasteiger partial charge on any atom is -0.372 e. The lowest BCUT2D eigenvalue weighted by atomic mass is 10.1. The van der Waals surface area contributed by atoms with Gasteiger partial charge in [-0.15, -0.1) is 0 Å². The van der Waals surface area contributed by atoms with Crippen LogP contribution in [0.25, 0.3) is 10.9 Å². The zero-order valence-corrected chi connectivity index (χ0v) is 15.1. The Morgan fingerprint density at radius 3 is 2.52 bits per heavy atom. The molecule has 0 atom stereocenters. The van der Waals surface area contributed by atoms with Crippen LogP contribution in [0.15, 0.2) is 65.8 Å². The zero-order chi connectivity index (χ0) is 18.5. The monoisotopic (exact) mass is 355 g/mol. The van der Waals surface area contributed by atoms with Crippen molar-refractivity contribution in [3.8, 4) is 6.07 Å². The Hall–Kier alpha value is -3.39. The number of nitriles is 1. The van der Waals surface area contributed by atoms with Gasteiger partial charge in [-0.2, -0.15) is 10.4 Å². The summed E-state index contributed by atoms with van der Waals surface area (Å²) in [6.45, 7) is 2.24. The largest absolute Gasteiger partial charge is 0.372 e. The molecule has 2 heterocycles. The van der Waals surface area contributed by atoms with Crippen molar-refractivity contribution < 1.29 is 0 Å². The van der Waals surface area contributed by atoms with Crippen molar-refractivity contribution in [2.75, 3.05) is 23.4 Å². The highest BCUT2D eigenvalue weighted by atomic mass is 15.3. The van der Waals surface area contributed by atoms with Crippen LogP contribution in [0.2, 0.25) is 0 Å². The number of aromatic nitrogens is 1. The summed E-state index contributed by atoms with van der Waals surface area (Å²) in [5.41, 5.74) is 6.75. The zero-order valence-electron chi connectivity index (χ0n) is 15.1. The predicted molar refractivity (Wildman–Crippen MR) is 110 cm³/mol. The number of piperidine rings is 1. The molecule has 1 aromatic heterocycles. The fourth-order valence-corrected chi connectivity index (χ4v) is 3.36. The maximum absolute atomic E-state index is 9.48. The molecule has 5 heteroatoms. The van der Waals surface area contributed by atoms with Gasteiger partial charge in [0.15, 0.2) is 5.71 Å². The number of pyridine rings is 1. The van der Waals surface area contributed by atoms with Crippen LogP contribution < -0.4 is 10.3 Å². The van der Waals surface area contributed by atoms with E-state index < -0.39 is 0 Å². The number of para-hydroxylation sites is 1. The van der Waals surface area contributed by atoms with Gasteiger partial charge >= 0.3 is 0 Å². The van der Waals surface area contributed by atoms with Crippen molar-refractivity contribution in [1.29, 1.82) is 5.26 Å². The standard InChI is InChI=1S/C22H21N5/c23-16-22(21-13-8-17-6-2-3-7-20(17)24-21)26-25-18-9-11-19(12-10-18)27-14-4-1-5-15-27/h2-3,6-13,25H,1,4-5,14-15H2/b26-22-. The molecule has 0 amide bonds. The van der Waals surface area contributed by atoms with Gasteiger partial charge in [-0.1, -0.05) is 24.3 Å². The van der Waals surface area contributed by atoms with Gasteiger partial charge in [-0.25, -0.2) is 4.98 Å². The molecule has 1 aliphatic rings. The molecule has 1 N–H and O–H groups in total. The van der Waals surface area contributed by atoms with Crippen molar-refractivity contribution in [2.45, 2.75) is 19.3 Å². The second-order valence-electron chi connectivity index (χ2n) is 6.67. The molecule has 27 heavy (non-hydrogen) atoms. The predicted octanol–water partition coefficient (Wildman–Crippen LogP) is 4.56. The summed E-state index contributed by atoms with van der Waals surface area (Å²) in [5.74, 6) is 0. The van der Waals surface area contributed by atoms with Gasteiger partial charge in [0, 0.05) is 24.2 Å². The van der Waals surface area contributed by atoms with Gasteiger partial charge in [0.25, 0.3) is 0 Å². The smallest absolute Gasteiger partial charge is 0.186 e. The van der Waals surface area contributed by atoms with E-state index in [4.69, 9.17) is 0 Å². The molecule has 134 valence electrons. The number of hydrogen-bond donors (Lipinski definition) is 1. The van der Waals surface area contributed by atoms with E-state index in [9.17, 15) is 5.26 Å². The number of hydrazone groups is 1. The number of rotatable bonds is 4. The molecule has 0 unspecified atom stereocenters. The Morgan fingerprint density at radius 2 is 1.74 bits per heavy atom. The molecule has 1 saturated heterocycles. The molecule has 3 aromatic rings. The Morgan fingerprint density at radius 1 is 0.963 bits per heavy atom. The maximum atomic E-state index is 9.48. The molecule has 1 fully saturated rings. The first-order chi connectivity index (χ1) is 13.3. The van der Waals surface area contributed by atoms with Gasteiger partial charge in [-0.05, 0) is 55.7 Å². The van der Waals surface area contributed by atoms with Crippen LogP contribution in [0.4, 0.5) is 11.4 Å². The van der Waals surface area contributed by atoms with E-state index in [1.165, 1.54) is 24.9 Å². The molecular weight excluding hydrogens is 334 g/mol. The Balaban J connectivity index is 1.50. The van der Waals surface area contributed by atoms with E-state index in [1.807, 2.05) is 48.5 Å². The topological polar surface area (TPSA) is 64.3 Å². The lowest BCUT2D eigenvalue weighted by molar-refractivity contribution is 0.578. The average molecular weight is 355 g/mol. The van der Waals surface area contributed by atoms with E-state index >= 15 is 0 Å². The minimum atomic E-state index is 0.265. The summed E-state index contributed by atoms with van der Waals surface area (Å²) in [5, 5.41) is 14.8. The summed E-state index contributed by atoms with van der Waals surface area (Å²) in [6.07, 6.45) is 3.84. The molecule has 4 rings (SSSR count). The van der Waals surface area contributed by atoms with E-state index in [2.05, 4.69) is 38.6 Å². The summed E-state index contributed by atoms with van der Waals surface area (Å²) in [7, 11) is 0. The van der Waals surface area contributed by atoms with Crippen LogP contribution in [0, 0.1) is 11.3 Å². The van der Waals surface area contributed by atoms with Gasteiger partial charge in [0.05, 0.1) is 11.2 Å². The summed E-state index contributed by atoms with van der Waals surface area (Å²) in [6, 6.07) is 21.9. The van der Waals surface area contributed by atoms with Crippen LogP contribution >= 0.6 is 0 Å². The highest BCUT2D eigenvalue weighted by molar-refractivity contribution is 6.11. The normalized spacial score (nSPS) is 14.8. The molecule has 0 spiro atoms. The number of benzene rings is 2. The highest BCUT2D eigenvalue weighted by Gasteiger charge is 2.10. The van der Waals surface area contributed by atoms with Crippen molar-refractivity contribution in [1.82, 2.24) is 4.98 Å². The Bertz CT molecular complexity index is 995. The maximum Gasteiger partial charge on any atom is 0.186 e. The number of nitrogens with one attached hydrogen (secondary N) is 1. The third kappa shape index (κ3) is 3.90. The molecule has 2 aromatic carbocycles. The van der Waals surface area contributed by atoms with E-state index in [0.717, 1.165) is 29.7 Å². The van der Waals surface area contributed by atoms with Crippen molar-refractivity contribution in [2.24, 2.45) is 5.10 Å². The molecule has 5 nitrogen and oxygen atoms in total. The van der Waals surface area contributed by atoms with Crippen LogP contribution in [0.3, 0.4) is 0 Å². The number of nitrogens with zero attached hydrogens (tertiary/aromatic N) is 4. The fourth-order valence-electron chi connectivity index (χ4n) is 3.36. The molecular formula is C22H21N5. The molecule has 0 saturated carbocycles. The van der Waals surface area contributed by atoms with Crippen LogP contribution in [-0.4, -0.2) is 23.8 Å². The quantitative estimate of drug-likeness (QED) is 0.550. The highest BCUT2D eigenvalue weighted by Crippen LogP contribution is 2.22. The number of anilines is 2.